The summed E-state index contributed by atoms with van der Waals surface area (Å²) in [5.74, 6) is 0.0838. The van der Waals surface area contributed by atoms with Crippen LogP contribution in [0.3, 0.4) is 0 Å². The van der Waals surface area contributed by atoms with Gasteiger partial charge in [0, 0.05) is 24.4 Å². The van der Waals surface area contributed by atoms with Crippen LogP contribution in [0.1, 0.15) is 58.4 Å². The Labute approximate surface area is 193 Å². The van der Waals surface area contributed by atoms with Crippen molar-refractivity contribution in [2.75, 3.05) is 21.3 Å². The van der Waals surface area contributed by atoms with Crippen molar-refractivity contribution in [3.63, 3.8) is 0 Å². The summed E-state index contributed by atoms with van der Waals surface area (Å²) in [5.41, 5.74) is 1.77. The van der Waals surface area contributed by atoms with Crippen molar-refractivity contribution in [3.05, 3.63) is 59.2 Å². The molecule has 0 aliphatic heterocycles. The van der Waals surface area contributed by atoms with Crippen molar-refractivity contribution >= 4 is 17.8 Å². The van der Waals surface area contributed by atoms with Gasteiger partial charge in [-0.2, -0.15) is 0 Å². The van der Waals surface area contributed by atoms with Crippen LogP contribution < -0.4 is 14.8 Å². The molecular formula is C25H29NO7. The number of esters is 2. The fraction of sp³-hybridized carbons (Fsp3) is 0.400. The first-order valence-corrected chi connectivity index (χ1v) is 10.7. The predicted molar refractivity (Wildman–Crippen MR) is 121 cm³/mol. The zero-order valence-corrected chi connectivity index (χ0v) is 19.3. The highest BCUT2D eigenvalue weighted by Gasteiger charge is 2.34. The summed E-state index contributed by atoms with van der Waals surface area (Å²) in [7, 11) is 4.45. The van der Waals surface area contributed by atoms with E-state index < -0.39 is 5.97 Å². The van der Waals surface area contributed by atoms with Gasteiger partial charge in [0.1, 0.15) is 6.10 Å². The van der Waals surface area contributed by atoms with Crippen LogP contribution in [0.15, 0.2) is 42.5 Å². The quantitative estimate of drug-likeness (QED) is 0.638. The second-order valence-electron chi connectivity index (χ2n) is 7.91. The molecule has 2 aromatic rings. The predicted octanol–water partition coefficient (Wildman–Crippen LogP) is 3.49. The molecule has 3 rings (SSSR count). The van der Waals surface area contributed by atoms with E-state index in [4.69, 9.17) is 18.9 Å². The van der Waals surface area contributed by atoms with E-state index in [1.807, 2.05) is 18.2 Å². The number of amides is 1. The van der Waals surface area contributed by atoms with Crippen LogP contribution in [0.25, 0.3) is 0 Å². The average Bonchev–Trinajstić information content (AvgIpc) is 2.83. The van der Waals surface area contributed by atoms with Crippen LogP contribution in [0, 0.1) is 0 Å². The first kappa shape index (κ1) is 24.1. The Morgan fingerprint density at radius 3 is 2.15 bits per heavy atom. The van der Waals surface area contributed by atoms with E-state index in [0.29, 0.717) is 41.9 Å². The lowest BCUT2D eigenvalue weighted by atomic mass is 9.78. The molecule has 1 saturated carbocycles. The van der Waals surface area contributed by atoms with Gasteiger partial charge in [-0.1, -0.05) is 6.07 Å². The van der Waals surface area contributed by atoms with Crippen LogP contribution in [-0.2, 0) is 14.3 Å². The number of rotatable bonds is 7. The minimum absolute atomic E-state index is 0.0961. The van der Waals surface area contributed by atoms with Gasteiger partial charge in [0.15, 0.2) is 11.5 Å². The molecule has 0 radical (unpaired) electrons. The highest BCUT2D eigenvalue weighted by atomic mass is 16.5. The van der Waals surface area contributed by atoms with Crippen molar-refractivity contribution in [3.8, 4) is 11.5 Å². The molecule has 1 N–H and O–H groups in total. The third-order valence-electron chi connectivity index (χ3n) is 5.86. The standard InChI is InChI=1S/C25H29NO7/c1-15(27)33-19-10-11-21(20(14-19)18-9-12-22(30-2)23(13-18)31-3)26-24(28)16-5-7-17(8-6-16)25(29)32-4/h5-9,12-13,19-21H,10-11,14H2,1-4H3,(H,26,28). The minimum atomic E-state index is -0.459. The maximum Gasteiger partial charge on any atom is 0.337 e. The van der Waals surface area contributed by atoms with E-state index in [-0.39, 0.29) is 29.9 Å². The lowest BCUT2D eigenvalue weighted by molar-refractivity contribution is -0.148. The monoisotopic (exact) mass is 455 g/mol. The zero-order valence-electron chi connectivity index (χ0n) is 19.3. The van der Waals surface area contributed by atoms with Gasteiger partial charge in [0.25, 0.3) is 5.91 Å². The molecule has 1 amide bonds. The van der Waals surface area contributed by atoms with Gasteiger partial charge >= 0.3 is 11.9 Å². The van der Waals surface area contributed by atoms with Gasteiger partial charge in [-0.25, -0.2) is 4.79 Å². The molecule has 8 heteroatoms. The summed E-state index contributed by atoms with van der Waals surface area (Å²) >= 11 is 0. The summed E-state index contributed by atoms with van der Waals surface area (Å²) in [6.07, 6.45) is 1.63. The second-order valence-corrected chi connectivity index (χ2v) is 7.91. The maximum absolute atomic E-state index is 13.0. The number of ether oxygens (including phenoxy) is 4. The van der Waals surface area contributed by atoms with Crippen LogP contribution in [-0.4, -0.2) is 51.3 Å². The third-order valence-corrected chi connectivity index (χ3v) is 5.86. The molecule has 2 aromatic carbocycles. The Balaban J connectivity index is 1.83. The third kappa shape index (κ3) is 5.83. The van der Waals surface area contributed by atoms with Gasteiger partial charge in [0.05, 0.1) is 26.9 Å². The molecule has 0 aromatic heterocycles. The molecule has 1 fully saturated rings. The zero-order chi connectivity index (χ0) is 24.0. The van der Waals surface area contributed by atoms with Gasteiger partial charge in [0.2, 0.25) is 0 Å². The summed E-state index contributed by atoms with van der Waals surface area (Å²) in [6.45, 7) is 1.40. The Bertz CT molecular complexity index is 1000. The smallest absolute Gasteiger partial charge is 0.337 e. The Morgan fingerprint density at radius 1 is 0.879 bits per heavy atom. The van der Waals surface area contributed by atoms with Crippen molar-refractivity contribution in [1.82, 2.24) is 5.32 Å². The van der Waals surface area contributed by atoms with Crippen molar-refractivity contribution in [2.45, 2.75) is 44.2 Å². The van der Waals surface area contributed by atoms with E-state index in [9.17, 15) is 14.4 Å². The van der Waals surface area contributed by atoms with Gasteiger partial charge in [-0.15, -0.1) is 0 Å². The molecule has 3 unspecified atom stereocenters. The lowest BCUT2D eigenvalue weighted by Gasteiger charge is -2.36. The molecule has 0 spiro atoms. The molecule has 0 heterocycles. The molecular weight excluding hydrogens is 426 g/mol. The first-order valence-electron chi connectivity index (χ1n) is 10.7. The van der Waals surface area contributed by atoms with Crippen molar-refractivity contribution in [2.24, 2.45) is 0 Å². The van der Waals surface area contributed by atoms with Crippen molar-refractivity contribution in [1.29, 1.82) is 0 Å². The van der Waals surface area contributed by atoms with E-state index in [1.54, 1.807) is 38.5 Å². The molecule has 176 valence electrons. The molecule has 1 aliphatic carbocycles. The van der Waals surface area contributed by atoms with E-state index in [2.05, 4.69) is 5.32 Å². The molecule has 3 atom stereocenters. The Hall–Kier alpha value is -3.55. The van der Waals surface area contributed by atoms with E-state index in [0.717, 1.165) is 5.56 Å². The topological polar surface area (TPSA) is 100 Å². The molecule has 0 saturated heterocycles. The van der Waals surface area contributed by atoms with Gasteiger partial charge < -0.3 is 24.3 Å². The normalized spacial score (nSPS) is 19.8. The van der Waals surface area contributed by atoms with Crippen LogP contribution in [0.2, 0.25) is 0 Å². The van der Waals surface area contributed by atoms with E-state index in [1.165, 1.54) is 14.0 Å². The Morgan fingerprint density at radius 2 is 1.55 bits per heavy atom. The van der Waals surface area contributed by atoms with Gasteiger partial charge in [-0.3, -0.25) is 9.59 Å². The first-order chi connectivity index (χ1) is 15.9. The molecule has 0 bridgehead atoms. The minimum Gasteiger partial charge on any atom is -0.493 e. The number of benzene rings is 2. The summed E-state index contributed by atoms with van der Waals surface area (Å²) < 4.78 is 21.0. The van der Waals surface area contributed by atoms with Crippen molar-refractivity contribution < 1.29 is 33.3 Å². The number of hydrogen-bond acceptors (Lipinski definition) is 7. The average molecular weight is 456 g/mol. The number of methoxy groups -OCH3 is 3. The molecule has 8 nitrogen and oxygen atoms in total. The number of carbonyl (C=O) groups is 3. The van der Waals surface area contributed by atoms with Crippen LogP contribution in [0.5, 0.6) is 11.5 Å². The maximum atomic E-state index is 13.0. The summed E-state index contributed by atoms with van der Waals surface area (Å²) in [6, 6.07) is 11.8. The van der Waals surface area contributed by atoms with E-state index >= 15 is 0 Å². The number of nitrogens with one attached hydrogen (secondary N) is 1. The number of hydrogen-bond donors (Lipinski definition) is 1. The molecule has 1 aliphatic rings. The summed E-state index contributed by atoms with van der Waals surface area (Å²) in [5, 5.41) is 3.12. The number of carbonyl (C=O) groups excluding carboxylic acids is 3. The highest BCUT2D eigenvalue weighted by molar-refractivity contribution is 5.96. The molecule has 33 heavy (non-hydrogen) atoms. The Kier molecular flexibility index (Phi) is 7.92. The van der Waals surface area contributed by atoms with Crippen LogP contribution >= 0.6 is 0 Å². The lowest BCUT2D eigenvalue weighted by Crippen LogP contribution is -2.44. The SMILES string of the molecule is COC(=O)c1ccc(C(=O)NC2CCC(OC(C)=O)CC2c2ccc(OC)c(OC)c2)cc1. The van der Waals surface area contributed by atoms with Crippen LogP contribution in [0.4, 0.5) is 0 Å². The second kappa shape index (κ2) is 10.8. The highest BCUT2D eigenvalue weighted by Crippen LogP contribution is 2.38. The van der Waals surface area contributed by atoms with Gasteiger partial charge in [-0.05, 0) is 61.2 Å². The fourth-order valence-corrected chi connectivity index (χ4v) is 4.23. The largest absolute Gasteiger partial charge is 0.493 e. The fourth-order valence-electron chi connectivity index (χ4n) is 4.23. The summed E-state index contributed by atoms with van der Waals surface area (Å²) in [4.78, 5) is 36.1.